The Morgan fingerprint density at radius 3 is 2.62 bits per heavy atom. The molecule has 0 saturated carbocycles. The van der Waals surface area contributed by atoms with Gasteiger partial charge in [-0.25, -0.2) is 4.79 Å². The predicted molar refractivity (Wildman–Crippen MR) is 57.9 cm³/mol. The molecule has 90 valence electrons. The molecule has 5 nitrogen and oxygen atoms in total. The normalized spacial score (nSPS) is 18.8. The summed E-state index contributed by atoms with van der Waals surface area (Å²) in [6.07, 6.45) is 3.05. The molecular weight excluding hydrogens is 210 g/mol. The van der Waals surface area contributed by atoms with Crippen LogP contribution in [0.25, 0.3) is 0 Å². The van der Waals surface area contributed by atoms with Crippen LogP contribution >= 0.6 is 0 Å². The summed E-state index contributed by atoms with van der Waals surface area (Å²) in [6.45, 7) is 4.60. The average molecular weight is 227 g/mol. The van der Waals surface area contributed by atoms with Gasteiger partial charge in [0.1, 0.15) is 6.04 Å². The molecular formula is C11H17NO4. The minimum absolute atomic E-state index is 0.125. The van der Waals surface area contributed by atoms with Crippen LogP contribution in [0, 0.1) is 5.92 Å². The van der Waals surface area contributed by atoms with E-state index in [0.29, 0.717) is 26.1 Å². The minimum atomic E-state index is -1.03. The van der Waals surface area contributed by atoms with Crippen molar-refractivity contribution in [1.82, 2.24) is 5.32 Å². The lowest BCUT2D eigenvalue weighted by Gasteiger charge is -2.23. The molecule has 0 bridgehead atoms. The van der Waals surface area contributed by atoms with Gasteiger partial charge < -0.3 is 15.2 Å². The summed E-state index contributed by atoms with van der Waals surface area (Å²) < 4.78 is 5.14. The van der Waals surface area contributed by atoms with Crippen molar-refractivity contribution in [2.24, 2.45) is 5.92 Å². The first kappa shape index (κ1) is 12.7. The number of hydrogen-bond donors (Lipinski definition) is 2. The Balaban J connectivity index is 2.46. The molecule has 1 aliphatic rings. The summed E-state index contributed by atoms with van der Waals surface area (Å²) in [6, 6.07) is -0.868. The van der Waals surface area contributed by atoms with Gasteiger partial charge in [0.2, 0.25) is 5.91 Å². The monoisotopic (exact) mass is 227 g/mol. The average Bonchev–Trinajstić information content (AvgIpc) is 2.29. The van der Waals surface area contributed by atoms with Crippen LogP contribution in [0.1, 0.15) is 19.3 Å². The van der Waals surface area contributed by atoms with Gasteiger partial charge in [-0.05, 0) is 19.3 Å². The van der Waals surface area contributed by atoms with Crippen LogP contribution in [0.15, 0.2) is 12.7 Å². The Hall–Kier alpha value is -1.36. The molecule has 1 fully saturated rings. The fourth-order valence-electron chi connectivity index (χ4n) is 1.64. The first-order valence-electron chi connectivity index (χ1n) is 5.37. The molecule has 1 atom stereocenters. The van der Waals surface area contributed by atoms with Gasteiger partial charge in [0.15, 0.2) is 0 Å². The topological polar surface area (TPSA) is 75.6 Å². The standard InChI is InChI=1S/C11H17NO4/c1-2-3-9(11(14)15)12-10(13)8-4-6-16-7-5-8/h2,8-9H,1,3-7H2,(H,12,13)(H,14,15). The number of carbonyl (C=O) groups excluding carboxylic acids is 1. The van der Waals surface area contributed by atoms with Crippen LogP contribution in [-0.2, 0) is 14.3 Å². The van der Waals surface area contributed by atoms with Crippen molar-refractivity contribution in [1.29, 1.82) is 0 Å². The zero-order valence-electron chi connectivity index (χ0n) is 9.15. The first-order chi connectivity index (χ1) is 7.65. The van der Waals surface area contributed by atoms with Crippen LogP contribution in [0.3, 0.4) is 0 Å². The van der Waals surface area contributed by atoms with Crippen LogP contribution in [0.2, 0.25) is 0 Å². The Morgan fingerprint density at radius 1 is 1.50 bits per heavy atom. The first-order valence-corrected chi connectivity index (χ1v) is 5.37. The Bertz CT molecular complexity index is 271. The Morgan fingerprint density at radius 2 is 2.12 bits per heavy atom. The van der Waals surface area contributed by atoms with Crippen LogP contribution in [-0.4, -0.2) is 36.2 Å². The maximum atomic E-state index is 11.7. The van der Waals surface area contributed by atoms with E-state index in [9.17, 15) is 9.59 Å². The number of carboxylic acid groups (broad SMARTS) is 1. The van der Waals surface area contributed by atoms with Gasteiger partial charge in [-0.1, -0.05) is 6.08 Å². The lowest BCUT2D eigenvalue weighted by molar-refractivity contribution is -0.142. The van der Waals surface area contributed by atoms with Gasteiger partial charge in [-0.2, -0.15) is 0 Å². The number of rotatable bonds is 5. The maximum Gasteiger partial charge on any atom is 0.326 e. The molecule has 0 spiro atoms. The number of amides is 1. The van der Waals surface area contributed by atoms with Crippen molar-refractivity contribution in [2.75, 3.05) is 13.2 Å². The van der Waals surface area contributed by atoms with E-state index in [4.69, 9.17) is 9.84 Å². The van der Waals surface area contributed by atoms with Crippen LogP contribution < -0.4 is 5.32 Å². The molecule has 1 heterocycles. The molecule has 1 saturated heterocycles. The second-order valence-electron chi connectivity index (χ2n) is 3.81. The van der Waals surface area contributed by atoms with E-state index in [-0.39, 0.29) is 18.2 Å². The van der Waals surface area contributed by atoms with E-state index in [1.807, 2.05) is 0 Å². The summed E-state index contributed by atoms with van der Waals surface area (Å²) >= 11 is 0. The lowest BCUT2D eigenvalue weighted by Crippen LogP contribution is -2.44. The van der Waals surface area contributed by atoms with Gasteiger partial charge in [0, 0.05) is 19.1 Å². The number of hydrogen-bond acceptors (Lipinski definition) is 3. The van der Waals surface area contributed by atoms with Gasteiger partial charge in [0.25, 0.3) is 0 Å². The summed E-state index contributed by atoms with van der Waals surface area (Å²) in [4.78, 5) is 22.5. The highest BCUT2D eigenvalue weighted by Gasteiger charge is 2.25. The Kier molecular flexibility index (Phi) is 4.98. The number of aliphatic carboxylic acids is 1. The molecule has 0 aromatic heterocycles. The quantitative estimate of drug-likeness (QED) is 0.673. The molecule has 5 heteroatoms. The Labute approximate surface area is 94.5 Å². The molecule has 1 aliphatic heterocycles. The zero-order valence-corrected chi connectivity index (χ0v) is 9.15. The van der Waals surface area contributed by atoms with Gasteiger partial charge in [-0.15, -0.1) is 6.58 Å². The van der Waals surface area contributed by atoms with Crippen molar-refractivity contribution in [3.63, 3.8) is 0 Å². The van der Waals surface area contributed by atoms with Crippen molar-refractivity contribution in [3.05, 3.63) is 12.7 Å². The fraction of sp³-hybridized carbons (Fsp3) is 0.636. The minimum Gasteiger partial charge on any atom is -0.480 e. The molecule has 0 aromatic rings. The lowest BCUT2D eigenvalue weighted by atomic mass is 9.99. The molecule has 2 N–H and O–H groups in total. The molecule has 16 heavy (non-hydrogen) atoms. The second kappa shape index (κ2) is 6.27. The smallest absolute Gasteiger partial charge is 0.326 e. The van der Waals surface area contributed by atoms with Gasteiger partial charge in [-0.3, -0.25) is 4.79 Å². The van der Waals surface area contributed by atoms with Gasteiger partial charge >= 0.3 is 5.97 Å². The highest BCUT2D eigenvalue weighted by atomic mass is 16.5. The third-order valence-electron chi connectivity index (χ3n) is 2.61. The summed E-state index contributed by atoms with van der Waals surface area (Å²) in [5.41, 5.74) is 0. The number of ether oxygens (including phenoxy) is 1. The largest absolute Gasteiger partial charge is 0.480 e. The van der Waals surface area contributed by atoms with Crippen molar-refractivity contribution < 1.29 is 19.4 Å². The van der Waals surface area contributed by atoms with Gasteiger partial charge in [0.05, 0.1) is 0 Å². The second-order valence-corrected chi connectivity index (χ2v) is 3.81. The SMILES string of the molecule is C=CCC(NC(=O)C1CCOCC1)C(=O)O. The molecule has 1 rings (SSSR count). The van der Waals surface area contributed by atoms with E-state index in [1.54, 1.807) is 0 Å². The highest BCUT2D eigenvalue weighted by molar-refractivity contribution is 5.85. The number of carbonyl (C=O) groups is 2. The number of carboxylic acids is 1. The summed E-state index contributed by atoms with van der Waals surface area (Å²) in [5.74, 6) is -1.35. The molecule has 0 aromatic carbocycles. The van der Waals surface area contributed by atoms with E-state index >= 15 is 0 Å². The molecule has 1 amide bonds. The predicted octanol–water partition coefficient (Wildman–Crippen LogP) is 0.558. The number of nitrogens with one attached hydrogen (secondary N) is 1. The van der Waals surface area contributed by atoms with Crippen molar-refractivity contribution in [2.45, 2.75) is 25.3 Å². The van der Waals surface area contributed by atoms with E-state index in [2.05, 4.69) is 11.9 Å². The van der Waals surface area contributed by atoms with Crippen LogP contribution in [0.4, 0.5) is 0 Å². The molecule has 1 unspecified atom stereocenters. The fourth-order valence-corrected chi connectivity index (χ4v) is 1.64. The highest BCUT2D eigenvalue weighted by Crippen LogP contribution is 2.15. The third kappa shape index (κ3) is 3.66. The third-order valence-corrected chi connectivity index (χ3v) is 2.61. The molecule has 0 aliphatic carbocycles. The zero-order chi connectivity index (χ0) is 12.0. The van der Waals surface area contributed by atoms with E-state index in [1.165, 1.54) is 6.08 Å². The van der Waals surface area contributed by atoms with Crippen molar-refractivity contribution >= 4 is 11.9 Å². The molecule has 0 radical (unpaired) electrons. The van der Waals surface area contributed by atoms with Crippen molar-refractivity contribution in [3.8, 4) is 0 Å². The van der Waals surface area contributed by atoms with E-state index in [0.717, 1.165) is 0 Å². The summed E-state index contributed by atoms with van der Waals surface area (Å²) in [7, 11) is 0. The maximum absolute atomic E-state index is 11.7. The summed E-state index contributed by atoms with van der Waals surface area (Å²) in [5, 5.41) is 11.4. The van der Waals surface area contributed by atoms with Crippen LogP contribution in [0.5, 0.6) is 0 Å². The van der Waals surface area contributed by atoms with E-state index < -0.39 is 12.0 Å².